The Bertz CT molecular complexity index is 843. The molecule has 3 aromatic carbocycles. The minimum absolute atomic E-state index is 0.0510. The standard InChI is InChI=1S/C22H20FNO/c1-16-6-5-9-20(14-16)24-21(17-10-12-19(23)13-11-17)15-22(25)18-7-3-2-4-8-18/h2-14,21,24H,15H2,1H3/t21-/m1/s1. The molecule has 3 heteroatoms. The summed E-state index contributed by atoms with van der Waals surface area (Å²) in [7, 11) is 0. The van der Waals surface area contributed by atoms with Crippen LogP contribution >= 0.6 is 0 Å². The summed E-state index contributed by atoms with van der Waals surface area (Å²) in [6, 6.07) is 23.3. The van der Waals surface area contributed by atoms with Crippen molar-refractivity contribution >= 4 is 11.5 Å². The lowest BCUT2D eigenvalue weighted by Crippen LogP contribution is -2.16. The Balaban J connectivity index is 1.86. The predicted octanol–water partition coefficient (Wildman–Crippen LogP) is 5.56. The van der Waals surface area contributed by atoms with Gasteiger partial charge in [0.15, 0.2) is 5.78 Å². The minimum Gasteiger partial charge on any atom is -0.378 e. The summed E-state index contributed by atoms with van der Waals surface area (Å²) in [4.78, 5) is 12.6. The second-order valence-electron chi connectivity index (χ2n) is 6.11. The monoisotopic (exact) mass is 333 g/mol. The smallest absolute Gasteiger partial charge is 0.165 e. The van der Waals surface area contributed by atoms with Gasteiger partial charge in [-0.05, 0) is 42.3 Å². The third-order valence-corrected chi connectivity index (χ3v) is 4.12. The first-order chi connectivity index (χ1) is 12.1. The van der Waals surface area contributed by atoms with Crippen molar-refractivity contribution in [2.45, 2.75) is 19.4 Å². The molecule has 0 bridgehead atoms. The molecule has 0 unspecified atom stereocenters. The van der Waals surface area contributed by atoms with Gasteiger partial charge in [-0.3, -0.25) is 4.79 Å². The van der Waals surface area contributed by atoms with Crippen LogP contribution in [0, 0.1) is 12.7 Å². The van der Waals surface area contributed by atoms with Gasteiger partial charge >= 0.3 is 0 Å². The molecular weight excluding hydrogens is 313 g/mol. The van der Waals surface area contributed by atoms with E-state index in [1.54, 1.807) is 12.1 Å². The van der Waals surface area contributed by atoms with E-state index in [2.05, 4.69) is 5.32 Å². The Hall–Kier alpha value is -2.94. The van der Waals surface area contributed by atoms with Gasteiger partial charge in [0.2, 0.25) is 0 Å². The van der Waals surface area contributed by atoms with Crippen LogP contribution in [0.25, 0.3) is 0 Å². The molecule has 0 aliphatic rings. The summed E-state index contributed by atoms with van der Waals surface area (Å²) in [6.45, 7) is 2.02. The summed E-state index contributed by atoms with van der Waals surface area (Å²) < 4.78 is 13.3. The van der Waals surface area contributed by atoms with Gasteiger partial charge in [0.25, 0.3) is 0 Å². The van der Waals surface area contributed by atoms with E-state index in [9.17, 15) is 9.18 Å². The Kier molecular flexibility index (Phi) is 5.24. The molecule has 0 saturated heterocycles. The molecule has 0 fully saturated rings. The fourth-order valence-electron chi connectivity index (χ4n) is 2.81. The predicted molar refractivity (Wildman–Crippen MR) is 99.3 cm³/mol. The number of Topliss-reactive ketones (excluding diaryl/α,β-unsaturated/α-hetero) is 1. The molecular formula is C22H20FNO. The highest BCUT2D eigenvalue weighted by atomic mass is 19.1. The molecule has 0 amide bonds. The number of aryl methyl sites for hydroxylation is 1. The van der Waals surface area contributed by atoms with Crippen LogP contribution in [0.4, 0.5) is 10.1 Å². The first-order valence-electron chi connectivity index (χ1n) is 8.29. The molecule has 25 heavy (non-hydrogen) atoms. The van der Waals surface area contributed by atoms with Gasteiger partial charge in [0, 0.05) is 17.7 Å². The number of ketones is 1. The van der Waals surface area contributed by atoms with Crippen molar-refractivity contribution < 1.29 is 9.18 Å². The number of hydrogen-bond acceptors (Lipinski definition) is 2. The second-order valence-corrected chi connectivity index (χ2v) is 6.11. The van der Waals surface area contributed by atoms with Crippen molar-refractivity contribution in [3.8, 4) is 0 Å². The number of halogens is 1. The lowest BCUT2D eigenvalue weighted by molar-refractivity contribution is 0.0976. The van der Waals surface area contributed by atoms with Crippen molar-refractivity contribution in [3.05, 3.63) is 101 Å². The van der Waals surface area contributed by atoms with Gasteiger partial charge in [0.1, 0.15) is 5.82 Å². The largest absolute Gasteiger partial charge is 0.378 e. The van der Waals surface area contributed by atoms with E-state index in [0.717, 1.165) is 16.8 Å². The number of anilines is 1. The first kappa shape index (κ1) is 16.9. The lowest BCUT2D eigenvalue weighted by atomic mass is 9.97. The second kappa shape index (κ2) is 7.75. The highest BCUT2D eigenvalue weighted by Gasteiger charge is 2.17. The maximum atomic E-state index is 13.3. The number of benzene rings is 3. The molecule has 0 spiro atoms. The van der Waals surface area contributed by atoms with E-state index in [1.165, 1.54) is 12.1 Å². The van der Waals surface area contributed by atoms with Crippen molar-refractivity contribution in [3.63, 3.8) is 0 Å². The molecule has 1 N–H and O–H groups in total. The number of rotatable bonds is 6. The van der Waals surface area contributed by atoms with Crippen molar-refractivity contribution in [1.82, 2.24) is 0 Å². The molecule has 0 aromatic heterocycles. The highest BCUT2D eigenvalue weighted by molar-refractivity contribution is 5.96. The molecule has 1 atom stereocenters. The van der Waals surface area contributed by atoms with E-state index in [1.807, 2.05) is 61.5 Å². The van der Waals surface area contributed by atoms with E-state index < -0.39 is 0 Å². The topological polar surface area (TPSA) is 29.1 Å². The van der Waals surface area contributed by atoms with Crippen LogP contribution in [-0.2, 0) is 0 Å². The Morgan fingerprint density at radius 3 is 2.36 bits per heavy atom. The van der Waals surface area contributed by atoms with Crippen molar-refractivity contribution in [1.29, 1.82) is 0 Å². The van der Waals surface area contributed by atoms with E-state index in [0.29, 0.717) is 12.0 Å². The van der Waals surface area contributed by atoms with Crippen LogP contribution in [0.5, 0.6) is 0 Å². The number of carbonyl (C=O) groups is 1. The fourth-order valence-corrected chi connectivity index (χ4v) is 2.81. The molecule has 3 aromatic rings. The lowest BCUT2D eigenvalue weighted by Gasteiger charge is -2.20. The zero-order chi connectivity index (χ0) is 17.6. The average Bonchev–Trinajstić information content (AvgIpc) is 2.62. The number of carbonyl (C=O) groups excluding carboxylic acids is 1. The van der Waals surface area contributed by atoms with E-state index >= 15 is 0 Å². The summed E-state index contributed by atoms with van der Waals surface area (Å²) in [5, 5.41) is 3.41. The van der Waals surface area contributed by atoms with Crippen LogP contribution in [-0.4, -0.2) is 5.78 Å². The Labute approximate surface area is 147 Å². The average molecular weight is 333 g/mol. The van der Waals surface area contributed by atoms with Crippen LogP contribution in [0.2, 0.25) is 0 Å². The first-order valence-corrected chi connectivity index (χ1v) is 8.29. The molecule has 0 aliphatic carbocycles. The highest BCUT2D eigenvalue weighted by Crippen LogP contribution is 2.25. The van der Waals surface area contributed by atoms with Crippen LogP contribution in [0.15, 0.2) is 78.9 Å². The van der Waals surface area contributed by atoms with Crippen molar-refractivity contribution in [2.24, 2.45) is 0 Å². The van der Waals surface area contributed by atoms with Gasteiger partial charge in [-0.25, -0.2) is 4.39 Å². The van der Waals surface area contributed by atoms with Gasteiger partial charge in [-0.1, -0.05) is 54.6 Å². The van der Waals surface area contributed by atoms with Gasteiger partial charge in [0.05, 0.1) is 6.04 Å². The van der Waals surface area contributed by atoms with Gasteiger partial charge in [-0.15, -0.1) is 0 Å². The maximum absolute atomic E-state index is 13.3. The minimum atomic E-state index is -0.285. The number of hydrogen-bond donors (Lipinski definition) is 1. The quantitative estimate of drug-likeness (QED) is 0.598. The summed E-state index contributed by atoms with van der Waals surface area (Å²) >= 11 is 0. The Morgan fingerprint density at radius 2 is 1.68 bits per heavy atom. The molecule has 0 radical (unpaired) electrons. The van der Waals surface area contributed by atoms with E-state index in [-0.39, 0.29) is 17.6 Å². The molecule has 2 nitrogen and oxygen atoms in total. The van der Waals surface area contributed by atoms with Crippen LogP contribution < -0.4 is 5.32 Å². The zero-order valence-corrected chi connectivity index (χ0v) is 14.1. The zero-order valence-electron chi connectivity index (χ0n) is 14.1. The van der Waals surface area contributed by atoms with Crippen molar-refractivity contribution in [2.75, 3.05) is 5.32 Å². The SMILES string of the molecule is Cc1cccc(N[C@H](CC(=O)c2ccccc2)c2ccc(F)cc2)c1. The third-order valence-electron chi connectivity index (χ3n) is 4.12. The normalized spacial score (nSPS) is 11.8. The molecule has 0 saturated carbocycles. The molecule has 0 aliphatic heterocycles. The fraction of sp³-hybridized carbons (Fsp3) is 0.136. The summed E-state index contributed by atoms with van der Waals surface area (Å²) in [5.74, 6) is -0.234. The van der Waals surface area contributed by atoms with Gasteiger partial charge < -0.3 is 5.32 Å². The summed E-state index contributed by atoms with van der Waals surface area (Å²) in [6.07, 6.45) is 0.295. The number of nitrogens with one attached hydrogen (secondary N) is 1. The molecule has 0 heterocycles. The molecule has 126 valence electrons. The Morgan fingerprint density at radius 1 is 0.960 bits per heavy atom. The van der Waals surface area contributed by atoms with Crippen LogP contribution in [0.1, 0.15) is 33.9 Å². The molecule has 3 rings (SSSR count). The summed E-state index contributed by atoms with van der Waals surface area (Å²) in [5.41, 5.74) is 3.64. The maximum Gasteiger partial charge on any atom is 0.165 e. The van der Waals surface area contributed by atoms with Crippen LogP contribution in [0.3, 0.4) is 0 Å². The van der Waals surface area contributed by atoms with Gasteiger partial charge in [-0.2, -0.15) is 0 Å². The van der Waals surface area contributed by atoms with E-state index in [4.69, 9.17) is 0 Å². The third kappa shape index (κ3) is 4.54.